The number of hydrogen-bond acceptors (Lipinski definition) is 4. The number of rotatable bonds is 7. The van der Waals surface area contributed by atoms with Crippen LogP contribution in [0.4, 0.5) is 10.6 Å². The summed E-state index contributed by atoms with van der Waals surface area (Å²) in [4.78, 5) is 20.8. The van der Waals surface area contributed by atoms with Crippen LogP contribution in [0, 0.1) is 0 Å². The average Bonchev–Trinajstić information content (AvgIpc) is 3.44. The Hall–Kier alpha value is -3.72. The molecule has 2 aromatic heterocycles. The highest BCUT2D eigenvalue weighted by Crippen LogP contribution is 2.31. The van der Waals surface area contributed by atoms with Gasteiger partial charge in [0.25, 0.3) is 0 Å². The van der Waals surface area contributed by atoms with Crippen molar-refractivity contribution in [2.45, 2.75) is 19.0 Å². The zero-order valence-electron chi connectivity index (χ0n) is 19.4. The number of aromatic nitrogens is 4. The first-order chi connectivity index (χ1) is 17.9. The highest BCUT2D eigenvalue weighted by atomic mass is 35.5. The molecule has 11 heteroatoms. The second-order valence-corrected chi connectivity index (χ2v) is 9.75. The van der Waals surface area contributed by atoms with Gasteiger partial charge in [0.15, 0.2) is 5.82 Å². The fourth-order valence-corrected chi connectivity index (χ4v) is 4.90. The minimum absolute atomic E-state index is 0.252. The van der Waals surface area contributed by atoms with Gasteiger partial charge in [-0.1, -0.05) is 71.2 Å². The van der Waals surface area contributed by atoms with Gasteiger partial charge in [-0.2, -0.15) is 5.10 Å². The molecular formula is C26H22Cl3N7O. The lowest BCUT2D eigenvalue weighted by molar-refractivity contribution is 0.236. The maximum Gasteiger partial charge on any atom is 0.315 e. The smallest absolute Gasteiger partial charge is 0.315 e. The first kappa shape index (κ1) is 25.0. The van der Waals surface area contributed by atoms with E-state index in [9.17, 15) is 4.79 Å². The Balaban J connectivity index is 1.39. The van der Waals surface area contributed by atoms with Gasteiger partial charge in [-0.05, 0) is 47.9 Å². The van der Waals surface area contributed by atoms with E-state index in [2.05, 4.69) is 25.8 Å². The zero-order chi connectivity index (χ0) is 25.9. The number of fused-ring (bicyclic) bond motifs is 1. The summed E-state index contributed by atoms with van der Waals surface area (Å²) in [6.07, 6.45) is 0.497. The second-order valence-electron chi connectivity index (χ2n) is 8.50. The molecule has 0 fully saturated rings. The Morgan fingerprint density at radius 2 is 1.73 bits per heavy atom. The maximum atomic E-state index is 12.9. The zero-order valence-corrected chi connectivity index (χ0v) is 21.6. The fraction of sp³-hybridized carbons (Fsp3) is 0.115. The molecule has 8 nitrogen and oxygen atoms in total. The lowest BCUT2D eigenvalue weighted by atomic mass is 10.1. The van der Waals surface area contributed by atoms with Gasteiger partial charge in [-0.15, -0.1) is 0 Å². The van der Waals surface area contributed by atoms with E-state index in [1.54, 1.807) is 18.2 Å². The minimum atomic E-state index is -0.483. The van der Waals surface area contributed by atoms with E-state index in [1.807, 2.05) is 48.5 Å². The lowest BCUT2D eigenvalue weighted by Gasteiger charge is -2.18. The molecule has 1 atom stereocenters. The molecule has 0 saturated heterocycles. The van der Waals surface area contributed by atoms with Crippen LogP contribution in [0.5, 0.6) is 0 Å². The molecular weight excluding hydrogens is 533 g/mol. The first-order valence-electron chi connectivity index (χ1n) is 11.4. The van der Waals surface area contributed by atoms with Crippen LogP contribution in [-0.2, 0) is 13.0 Å². The lowest BCUT2D eigenvalue weighted by Crippen LogP contribution is -2.38. The number of anilines is 1. The van der Waals surface area contributed by atoms with Gasteiger partial charge in [-0.3, -0.25) is 5.10 Å². The molecule has 0 aliphatic heterocycles. The van der Waals surface area contributed by atoms with Crippen molar-refractivity contribution in [1.29, 1.82) is 0 Å². The topological polar surface area (TPSA) is 125 Å². The second kappa shape index (κ2) is 10.7. The van der Waals surface area contributed by atoms with Gasteiger partial charge in [0.1, 0.15) is 16.7 Å². The highest BCUT2D eigenvalue weighted by Gasteiger charge is 2.22. The summed E-state index contributed by atoms with van der Waals surface area (Å²) >= 11 is 18.7. The molecule has 3 aromatic carbocycles. The summed E-state index contributed by atoms with van der Waals surface area (Å²) in [5, 5.41) is 15.0. The quantitative estimate of drug-likeness (QED) is 0.162. The number of nitrogen functional groups attached to an aromatic ring is 1. The minimum Gasteiger partial charge on any atom is -0.382 e. The Kier molecular flexibility index (Phi) is 7.23. The van der Waals surface area contributed by atoms with E-state index in [-0.39, 0.29) is 12.6 Å². The molecule has 2 amide bonds. The van der Waals surface area contributed by atoms with E-state index in [4.69, 9.17) is 45.5 Å². The van der Waals surface area contributed by atoms with E-state index < -0.39 is 6.04 Å². The van der Waals surface area contributed by atoms with E-state index in [0.29, 0.717) is 39.0 Å². The number of imidazole rings is 1. The summed E-state index contributed by atoms with van der Waals surface area (Å²) in [5.41, 5.74) is 9.81. The molecule has 0 aliphatic rings. The van der Waals surface area contributed by atoms with Crippen LogP contribution in [0.2, 0.25) is 15.2 Å². The molecule has 37 heavy (non-hydrogen) atoms. The number of nitrogens with zero attached hydrogens (tertiary/aromatic N) is 2. The molecule has 0 bridgehead atoms. The van der Waals surface area contributed by atoms with Crippen LogP contribution in [0.25, 0.3) is 22.2 Å². The molecule has 0 radical (unpaired) electrons. The number of nitrogens with two attached hydrogens (primary N) is 1. The number of aromatic amines is 2. The van der Waals surface area contributed by atoms with Gasteiger partial charge in [0.2, 0.25) is 0 Å². The van der Waals surface area contributed by atoms with E-state index in [0.717, 1.165) is 27.6 Å². The third kappa shape index (κ3) is 5.83. The number of carbonyl (C=O) groups excluding carboxylic acids is 1. The number of hydrogen-bond donors (Lipinski definition) is 5. The van der Waals surface area contributed by atoms with Gasteiger partial charge < -0.3 is 21.4 Å². The number of benzene rings is 3. The van der Waals surface area contributed by atoms with Crippen LogP contribution in [0.3, 0.4) is 0 Å². The molecule has 5 rings (SSSR count). The normalized spacial score (nSPS) is 12.0. The van der Waals surface area contributed by atoms with Crippen LogP contribution >= 0.6 is 34.8 Å². The predicted octanol–water partition coefficient (Wildman–Crippen LogP) is 6.28. The molecule has 5 aromatic rings. The Labute approximate surface area is 227 Å². The molecule has 1 unspecified atom stereocenters. The number of H-pyrrole nitrogens is 2. The third-order valence-electron chi connectivity index (χ3n) is 5.84. The van der Waals surface area contributed by atoms with Crippen molar-refractivity contribution in [3.8, 4) is 11.3 Å². The third-order valence-corrected chi connectivity index (χ3v) is 6.55. The number of halogens is 3. The van der Waals surface area contributed by atoms with Crippen molar-refractivity contribution in [3.63, 3.8) is 0 Å². The van der Waals surface area contributed by atoms with Crippen molar-refractivity contribution >= 4 is 57.6 Å². The summed E-state index contributed by atoms with van der Waals surface area (Å²) in [5.74, 6) is 0.947. The predicted molar refractivity (Wildman–Crippen MR) is 148 cm³/mol. The summed E-state index contributed by atoms with van der Waals surface area (Å²) in [6, 6.07) is 19.7. The summed E-state index contributed by atoms with van der Waals surface area (Å²) in [7, 11) is 0. The van der Waals surface area contributed by atoms with Crippen molar-refractivity contribution in [2.75, 3.05) is 5.73 Å². The highest BCUT2D eigenvalue weighted by molar-refractivity contribution is 6.34. The SMILES string of the molecule is Nc1n[nH]c2cc(-c3nc(C(Cc4ccccc4)NC(=O)NCc4cc(Cl)cc(Cl)c4)[nH]c3Cl)ccc12. The monoisotopic (exact) mass is 553 g/mol. The number of carbonyl (C=O) groups is 1. The first-order valence-corrected chi connectivity index (χ1v) is 12.5. The van der Waals surface area contributed by atoms with Crippen LogP contribution < -0.4 is 16.4 Å². The average molecular weight is 555 g/mol. The largest absolute Gasteiger partial charge is 0.382 e. The van der Waals surface area contributed by atoms with Gasteiger partial charge >= 0.3 is 6.03 Å². The molecule has 6 N–H and O–H groups in total. The van der Waals surface area contributed by atoms with Crippen LogP contribution in [-0.4, -0.2) is 26.2 Å². The Morgan fingerprint density at radius 3 is 2.49 bits per heavy atom. The Bertz CT molecular complexity index is 1550. The van der Waals surface area contributed by atoms with Crippen LogP contribution in [0.15, 0.2) is 66.7 Å². The number of urea groups is 1. The number of nitrogens with one attached hydrogen (secondary N) is 4. The molecule has 0 aliphatic carbocycles. The van der Waals surface area contributed by atoms with E-state index in [1.165, 1.54) is 0 Å². The summed E-state index contributed by atoms with van der Waals surface area (Å²) in [6.45, 7) is 0.252. The summed E-state index contributed by atoms with van der Waals surface area (Å²) < 4.78 is 0. The van der Waals surface area contributed by atoms with Gasteiger partial charge in [-0.25, -0.2) is 9.78 Å². The molecule has 2 heterocycles. The van der Waals surface area contributed by atoms with Gasteiger partial charge in [0.05, 0.1) is 11.6 Å². The van der Waals surface area contributed by atoms with Crippen molar-refractivity contribution in [1.82, 2.24) is 30.8 Å². The van der Waals surface area contributed by atoms with Gasteiger partial charge in [0, 0.05) is 27.5 Å². The van der Waals surface area contributed by atoms with Crippen molar-refractivity contribution in [3.05, 3.63) is 98.9 Å². The van der Waals surface area contributed by atoms with Crippen molar-refractivity contribution < 1.29 is 4.79 Å². The van der Waals surface area contributed by atoms with Crippen molar-refractivity contribution in [2.24, 2.45) is 0 Å². The molecule has 188 valence electrons. The van der Waals surface area contributed by atoms with E-state index >= 15 is 0 Å². The number of amides is 2. The molecule has 0 spiro atoms. The Morgan fingerprint density at radius 1 is 0.973 bits per heavy atom. The standard InChI is InChI=1S/C26H22Cl3N7O/c27-17-8-15(9-18(28)12-17)13-31-26(37)32-21(10-14-4-2-1-3-5-14)25-33-22(23(29)34-25)16-6-7-19-20(11-16)35-36-24(19)30/h1-9,11-12,21H,10,13H2,(H,33,34)(H3,30,35,36)(H2,31,32,37). The fourth-order valence-electron chi connectivity index (χ4n) is 4.08. The maximum absolute atomic E-state index is 12.9. The van der Waals surface area contributed by atoms with Crippen LogP contribution in [0.1, 0.15) is 23.0 Å². The molecule has 0 saturated carbocycles.